The van der Waals surface area contributed by atoms with E-state index in [-0.39, 0.29) is 5.75 Å². The lowest BCUT2D eigenvalue weighted by Crippen LogP contribution is -2.39. The lowest BCUT2D eigenvalue weighted by Gasteiger charge is -2.21. The zero-order valence-corrected chi connectivity index (χ0v) is 14.6. The predicted molar refractivity (Wildman–Crippen MR) is 91.3 cm³/mol. The second-order valence-corrected chi connectivity index (χ2v) is 9.01. The Hall–Kier alpha value is -1.37. The fraction of sp³-hybridized carbons (Fsp3) is 0.267. The number of hydrogen-bond acceptors (Lipinski definition) is 4. The maximum absolute atomic E-state index is 12.4. The van der Waals surface area contributed by atoms with E-state index in [0.29, 0.717) is 14.9 Å². The summed E-state index contributed by atoms with van der Waals surface area (Å²) in [6.07, 6.45) is 0. The minimum absolute atomic E-state index is 0.181. The summed E-state index contributed by atoms with van der Waals surface area (Å²) < 4.78 is 25.3. The van der Waals surface area contributed by atoms with Crippen LogP contribution in [0.1, 0.15) is 11.8 Å². The van der Waals surface area contributed by atoms with Gasteiger partial charge in [-0.15, -0.1) is 11.3 Å². The molecule has 0 spiro atoms. The molecule has 1 unspecified atom stereocenters. The molecule has 1 aromatic heterocycles. The van der Waals surface area contributed by atoms with Gasteiger partial charge in [0.05, 0.1) is 10.1 Å². The van der Waals surface area contributed by atoms with Crippen LogP contribution < -0.4 is 4.90 Å². The Bertz CT molecular complexity index is 756. The number of thiophene rings is 1. The van der Waals surface area contributed by atoms with E-state index in [2.05, 4.69) is 0 Å². The lowest BCUT2D eigenvalue weighted by molar-refractivity contribution is -0.117. The molecule has 118 valence electrons. The molecular formula is C15H16ClNO3S2. The van der Waals surface area contributed by atoms with Gasteiger partial charge in [-0.05, 0) is 31.2 Å². The normalized spacial score (nSPS) is 12.9. The largest absolute Gasteiger partial charge is 0.314 e. The predicted octanol–water partition coefficient (Wildman–Crippen LogP) is 3.37. The quantitative estimate of drug-likeness (QED) is 0.824. The molecule has 1 heterocycles. The molecule has 0 bridgehead atoms. The second-order valence-electron chi connectivity index (χ2n) is 4.89. The van der Waals surface area contributed by atoms with Gasteiger partial charge in [-0.25, -0.2) is 8.42 Å². The Morgan fingerprint density at radius 3 is 2.41 bits per heavy atom. The molecule has 22 heavy (non-hydrogen) atoms. The maximum Gasteiger partial charge on any atom is 0.244 e. The van der Waals surface area contributed by atoms with Crippen molar-refractivity contribution >= 4 is 44.4 Å². The van der Waals surface area contributed by atoms with E-state index in [1.807, 2.05) is 6.07 Å². The van der Waals surface area contributed by atoms with Crippen LogP contribution >= 0.6 is 22.9 Å². The average molecular weight is 358 g/mol. The Labute approximate surface area is 139 Å². The minimum atomic E-state index is -3.59. The van der Waals surface area contributed by atoms with Gasteiger partial charge in [-0.1, -0.05) is 29.8 Å². The molecule has 0 aliphatic rings. The summed E-state index contributed by atoms with van der Waals surface area (Å²) in [5.41, 5.74) is 0.661. The van der Waals surface area contributed by atoms with Gasteiger partial charge < -0.3 is 4.90 Å². The highest BCUT2D eigenvalue weighted by Gasteiger charge is 2.31. The van der Waals surface area contributed by atoms with Crippen LogP contribution in [0.25, 0.3) is 0 Å². The SMILES string of the molecule is CC(C(=O)N(C)c1ccccc1)S(=O)(=O)Cc1ccc(Cl)s1. The Morgan fingerprint density at radius 2 is 1.86 bits per heavy atom. The maximum atomic E-state index is 12.4. The average Bonchev–Trinajstić information content (AvgIpc) is 2.90. The monoisotopic (exact) mass is 357 g/mol. The fourth-order valence-electron chi connectivity index (χ4n) is 1.96. The third kappa shape index (κ3) is 3.88. The second kappa shape index (κ2) is 6.81. The number of hydrogen-bond donors (Lipinski definition) is 0. The Balaban J connectivity index is 2.15. The van der Waals surface area contributed by atoms with Crippen molar-refractivity contribution in [2.75, 3.05) is 11.9 Å². The van der Waals surface area contributed by atoms with Crippen LogP contribution in [0.5, 0.6) is 0 Å². The number of nitrogens with zero attached hydrogens (tertiary/aromatic N) is 1. The first-order valence-electron chi connectivity index (χ1n) is 6.59. The minimum Gasteiger partial charge on any atom is -0.314 e. The lowest BCUT2D eigenvalue weighted by atomic mass is 10.3. The first-order valence-corrected chi connectivity index (χ1v) is 9.50. The van der Waals surface area contributed by atoms with Gasteiger partial charge >= 0.3 is 0 Å². The van der Waals surface area contributed by atoms with Crippen molar-refractivity contribution in [3.05, 3.63) is 51.7 Å². The van der Waals surface area contributed by atoms with Crippen LogP contribution in [0.3, 0.4) is 0 Å². The number of anilines is 1. The topological polar surface area (TPSA) is 54.5 Å². The van der Waals surface area contributed by atoms with Crippen LogP contribution in [0.4, 0.5) is 5.69 Å². The highest BCUT2D eigenvalue weighted by Crippen LogP contribution is 2.25. The van der Waals surface area contributed by atoms with E-state index >= 15 is 0 Å². The summed E-state index contributed by atoms with van der Waals surface area (Å²) in [5, 5.41) is -1.11. The van der Waals surface area contributed by atoms with Gasteiger partial charge in [-0.3, -0.25) is 4.79 Å². The van der Waals surface area contributed by atoms with E-state index in [0.717, 1.165) is 0 Å². The summed E-state index contributed by atoms with van der Waals surface area (Å²) in [5.74, 6) is -0.631. The summed E-state index contributed by atoms with van der Waals surface area (Å²) in [6.45, 7) is 1.42. The van der Waals surface area contributed by atoms with Gasteiger partial charge in [0.2, 0.25) is 5.91 Å². The first-order chi connectivity index (χ1) is 10.3. The third-order valence-electron chi connectivity index (χ3n) is 3.33. The first kappa shape index (κ1) is 17.0. The molecule has 0 saturated carbocycles. The number of para-hydroxylation sites is 1. The van der Waals surface area contributed by atoms with E-state index in [9.17, 15) is 13.2 Å². The molecule has 0 aliphatic carbocycles. The molecule has 2 rings (SSSR count). The number of carbonyl (C=O) groups is 1. The van der Waals surface area contributed by atoms with Crippen molar-refractivity contribution in [3.8, 4) is 0 Å². The molecule has 1 atom stereocenters. The molecule has 2 aromatic rings. The van der Waals surface area contributed by atoms with E-state index in [1.54, 1.807) is 43.4 Å². The summed E-state index contributed by atoms with van der Waals surface area (Å²) in [6, 6.07) is 12.3. The van der Waals surface area contributed by atoms with Gasteiger partial charge in [-0.2, -0.15) is 0 Å². The van der Waals surface area contributed by atoms with Gasteiger partial charge in [0, 0.05) is 17.6 Å². The zero-order chi connectivity index (χ0) is 16.3. The fourth-order valence-corrected chi connectivity index (χ4v) is 4.78. The molecule has 0 N–H and O–H groups in total. The van der Waals surface area contributed by atoms with Crippen molar-refractivity contribution in [1.82, 2.24) is 0 Å². The molecule has 1 amide bonds. The van der Waals surface area contributed by atoms with Gasteiger partial charge in [0.15, 0.2) is 9.84 Å². The number of carbonyl (C=O) groups excluding carboxylic acids is 1. The summed E-state index contributed by atoms with van der Waals surface area (Å²) >= 11 is 7.02. The molecular weight excluding hydrogens is 342 g/mol. The van der Waals surface area contributed by atoms with Crippen molar-refractivity contribution in [2.45, 2.75) is 17.9 Å². The number of benzene rings is 1. The summed E-state index contributed by atoms with van der Waals surface area (Å²) in [4.78, 5) is 14.4. The Morgan fingerprint density at radius 1 is 1.23 bits per heavy atom. The van der Waals surface area contributed by atoms with Crippen LogP contribution in [0.2, 0.25) is 4.34 Å². The standard InChI is InChI=1S/C15H16ClNO3S2/c1-11(15(18)17(2)12-6-4-3-5-7-12)22(19,20)10-13-8-9-14(16)21-13/h3-9,11H,10H2,1-2H3. The number of sulfone groups is 1. The molecule has 0 radical (unpaired) electrons. The van der Waals surface area contributed by atoms with Gasteiger partial charge in [0.25, 0.3) is 0 Å². The summed E-state index contributed by atoms with van der Waals surface area (Å²) in [7, 11) is -2.02. The van der Waals surface area contributed by atoms with E-state index in [1.165, 1.54) is 23.2 Å². The van der Waals surface area contributed by atoms with Crippen LogP contribution in [0, 0.1) is 0 Å². The third-order valence-corrected chi connectivity index (χ3v) is 6.74. The molecule has 0 fully saturated rings. The van der Waals surface area contributed by atoms with Crippen LogP contribution in [-0.4, -0.2) is 26.6 Å². The zero-order valence-electron chi connectivity index (χ0n) is 12.2. The van der Waals surface area contributed by atoms with E-state index < -0.39 is 21.0 Å². The van der Waals surface area contributed by atoms with Crippen molar-refractivity contribution in [2.24, 2.45) is 0 Å². The smallest absolute Gasteiger partial charge is 0.244 e. The van der Waals surface area contributed by atoms with Crippen LogP contribution in [0.15, 0.2) is 42.5 Å². The molecule has 4 nitrogen and oxygen atoms in total. The molecule has 7 heteroatoms. The number of halogens is 1. The molecule has 1 aromatic carbocycles. The number of amides is 1. The van der Waals surface area contributed by atoms with Crippen molar-refractivity contribution < 1.29 is 13.2 Å². The molecule has 0 aliphatic heterocycles. The Kier molecular flexibility index (Phi) is 5.26. The van der Waals surface area contributed by atoms with Gasteiger partial charge in [0.1, 0.15) is 5.25 Å². The van der Waals surface area contributed by atoms with Crippen molar-refractivity contribution in [1.29, 1.82) is 0 Å². The number of rotatable bonds is 5. The van der Waals surface area contributed by atoms with Crippen LogP contribution in [-0.2, 0) is 20.4 Å². The highest BCUT2D eigenvalue weighted by molar-refractivity contribution is 7.92. The van der Waals surface area contributed by atoms with E-state index in [4.69, 9.17) is 11.6 Å². The molecule has 0 saturated heterocycles. The van der Waals surface area contributed by atoms with Crippen molar-refractivity contribution in [3.63, 3.8) is 0 Å². The highest BCUT2D eigenvalue weighted by atomic mass is 35.5.